The highest BCUT2D eigenvalue weighted by molar-refractivity contribution is 5.76. The lowest BCUT2D eigenvalue weighted by Gasteiger charge is -2.35. The van der Waals surface area contributed by atoms with Gasteiger partial charge in [-0.3, -0.25) is 4.79 Å². The summed E-state index contributed by atoms with van der Waals surface area (Å²) in [6, 6.07) is 0.327. The van der Waals surface area contributed by atoms with Crippen LogP contribution in [0.25, 0.3) is 0 Å². The molecule has 14 heavy (non-hydrogen) atoms. The molecular weight excluding hydrogens is 180 g/mol. The number of aliphatic hydroxyl groups is 1. The van der Waals surface area contributed by atoms with E-state index in [0.29, 0.717) is 6.04 Å². The molecule has 82 valence electrons. The normalized spacial score (nSPS) is 23.5. The van der Waals surface area contributed by atoms with Gasteiger partial charge in [-0.2, -0.15) is 0 Å². The van der Waals surface area contributed by atoms with Crippen LogP contribution in [0.5, 0.6) is 0 Å². The van der Waals surface area contributed by atoms with E-state index in [1.807, 2.05) is 7.05 Å². The maximum Gasteiger partial charge on any atom is 0.224 e. The number of aliphatic hydroxyl groups excluding tert-OH is 1. The van der Waals surface area contributed by atoms with E-state index in [1.165, 1.54) is 0 Å². The Balaban J connectivity index is 2.42. The number of carbonyl (C=O) groups is 1. The van der Waals surface area contributed by atoms with Crippen molar-refractivity contribution < 1.29 is 9.90 Å². The molecule has 4 heteroatoms. The summed E-state index contributed by atoms with van der Waals surface area (Å²) >= 11 is 0. The summed E-state index contributed by atoms with van der Waals surface area (Å²) in [5, 5.41) is 8.68. The highest BCUT2D eigenvalue weighted by atomic mass is 16.3. The second kappa shape index (κ2) is 5.32. The molecule has 0 saturated carbocycles. The summed E-state index contributed by atoms with van der Waals surface area (Å²) in [6.07, 6.45) is 2.48. The quantitative estimate of drug-likeness (QED) is 0.693. The number of likely N-dealkylation sites (N-methyl/N-ethyl adjacent to an activating group) is 2. The van der Waals surface area contributed by atoms with Gasteiger partial charge in [0.05, 0.1) is 6.61 Å². The van der Waals surface area contributed by atoms with Gasteiger partial charge in [0.2, 0.25) is 5.91 Å². The van der Waals surface area contributed by atoms with Gasteiger partial charge in [0.15, 0.2) is 0 Å². The molecule has 1 amide bonds. The fraction of sp³-hybridized carbons (Fsp3) is 0.900. The molecule has 0 radical (unpaired) electrons. The van der Waals surface area contributed by atoms with Crippen molar-refractivity contribution in [3.8, 4) is 0 Å². The highest BCUT2D eigenvalue weighted by Crippen LogP contribution is 2.13. The molecule has 1 heterocycles. The molecule has 1 saturated heterocycles. The molecule has 1 rings (SSSR count). The van der Waals surface area contributed by atoms with Crippen molar-refractivity contribution in [2.45, 2.75) is 25.3 Å². The van der Waals surface area contributed by atoms with Crippen LogP contribution in [0.4, 0.5) is 0 Å². The van der Waals surface area contributed by atoms with Crippen LogP contribution in [0, 0.1) is 0 Å². The Bertz CT molecular complexity index is 197. The first-order chi connectivity index (χ1) is 6.65. The molecule has 1 unspecified atom stereocenters. The van der Waals surface area contributed by atoms with E-state index >= 15 is 0 Å². The number of hydrogen-bond donors (Lipinski definition) is 1. The van der Waals surface area contributed by atoms with Crippen LogP contribution in [-0.2, 0) is 4.79 Å². The summed E-state index contributed by atoms with van der Waals surface area (Å²) in [4.78, 5) is 15.5. The molecule has 0 aromatic rings. The summed E-state index contributed by atoms with van der Waals surface area (Å²) < 4.78 is 0. The van der Waals surface area contributed by atoms with Gasteiger partial charge in [-0.1, -0.05) is 0 Å². The smallest absolute Gasteiger partial charge is 0.224 e. The number of hydrogen-bond acceptors (Lipinski definition) is 3. The Hall–Kier alpha value is -0.610. The third-order valence-corrected chi connectivity index (χ3v) is 2.87. The molecule has 1 atom stereocenters. The van der Waals surface area contributed by atoms with E-state index in [0.717, 1.165) is 25.9 Å². The van der Waals surface area contributed by atoms with Gasteiger partial charge in [-0.15, -0.1) is 0 Å². The first-order valence-corrected chi connectivity index (χ1v) is 5.20. The van der Waals surface area contributed by atoms with Gasteiger partial charge in [0.25, 0.3) is 0 Å². The predicted octanol–water partition coefficient (Wildman–Crippen LogP) is -0.0786. The van der Waals surface area contributed by atoms with E-state index in [9.17, 15) is 4.79 Å². The minimum absolute atomic E-state index is 0.0489. The standard InChI is InChI=1S/C10H20N2O2/c1-11-6-3-4-9(8-11)12(2)10(14)5-7-13/h9,13H,3-8H2,1-2H3. The maximum absolute atomic E-state index is 11.5. The number of rotatable bonds is 3. The molecule has 0 aromatic carbocycles. The van der Waals surface area contributed by atoms with E-state index in [2.05, 4.69) is 11.9 Å². The SMILES string of the molecule is CN1CCCC(N(C)C(=O)CCO)C1. The number of piperidine rings is 1. The monoisotopic (exact) mass is 200 g/mol. The average Bonchev–Trinajstić information content (AvgIpc) is 2.17. The van der Waals surface area contributed by atoms with Gasteiger partial charge in [-0.25, -0.2) is 0 Å². The van der Waals surface area contributed by atoms with Crippen LogP contribution in [0.1, 0.15) is 19.3 Å². The molecule has 0 bridgehead atoms. The minimum Gasteiger partial charge on any atom is -0.396 e. The Morgan fingerprint density at radius 2 is 2.36 bits per heavy atom. The second-order valence-corrected chi connectivity index (χ2v) is 4.04. The summed E-state index contributed by atoms with van der Waals surface area (Å²) in [5.74, 6) is 0.0489. The highest BCUT2D eigenvalue weighted by Gasteiger charge is 2.23. The Kier molecular flexibility index (Phi) is 4.35. The van der Waals surface area contributed by atoms with Crippen LogP contribution in [0.15, 0.2) is 0 Å². The molecule has 1 aliphatic heterocycles. The molecule has 0 aromatic heterocycles. The van der Waals surface area contributed by atoms with E-state index in [1.54, 1.807) is 4.90 Å². The molecule has 1 fully saturated rings. The van der Waals surface area contributed by atoms with Gasteiger partial charge in [0.1, 0.15) is 0 Å². The fourth-order valence-corrected chi connectivity index (χ4v) is 1.93. The van der Waals surface area contributed by atoms with Crippen molar-refractivity contribution in [3.05, 3.63) is 0 Å². The minimum atomic E-state index is -0.0499. The number of nitrogens with zero attached hydrogens (tertiary/aromatic N) is 2. The summed E-state index contributed by atoms with van der Waals surface area (Å²) in [5.41, 5.74) is 0. The average molecular weight is 200 g/mol. The fourth-order valence-electron chi connectivity index (χ4n) is 1.93. The van der Waals surface area contributed by atoms with Gasteiger partial charge < -0.3 is 14.9 Å². The van der Waals surface area contributed by atoms with Crippen molar-refractivity contribution in [1.29, 1.82) is 0 Å². The molecule has 1 N–H and O–H groups in total. The first kappa shape index (κ1) is 11.5. The van der Waals surface area contributed by atoms with Crippen molar-refractivity contribution in [3.63, 3.8) is 0 Å². The van der Waals surface area contributed by atoms with Crippen LogP contribution < -0.4 is 0 Å². The second-order valence-electron chi connectivity index (χ2n) is 4.04. The number of carbonyl (C=O) groups excluding carboxylic acids is 1. The Labute approximate surface area is 85.5 Å². The lowest BCUT2D eigenvalue weighted by atomic mass is 10.0. The van der Waals surface area contributed by atoms with E-state index < -0.39 is 0 Å². The Morgan fingerprint density at radius 1 is 1.64 bits per heavy atom. The Morgan fingerprint density at radius 3 is 2.93 bits per heavy atom. The van der Waals surface area contributed by atoms with Crippen LogP contribution >= 0.6 is 0 Å². The third kappa shape index (κ3) is 2.96. The zero-order valence-electron chi connectivity index (χ0n) is 9.07. The van der Waals surface area contributed by atoms with Crippen molar-refractivity contribution >= 4 is 5.91 Å². The third-order valence-electron chi connectivity index (χ3n) is 2.87. The summed E-state index contributed by atoms with van der Waals surface area (Å²) in [7, 11) is 3.92. The number of amides is 1. The van der Waals surface area contributed by atoms with E-state index in [4.69, 9.17) is 5.11 Å². The largest absolute Gasteiger partial charge is 0.396 e. The van der Waals surface area contributed by atoms with Crippen LogP contribution in [0.2, 0.25) is 0 Å². The molecule has 0 spiro atoms. The predicted molar refractivity (Wildman–Crippen MR) is 55.0 cm³/mol. The summed E-state index contributed by atoms with van der Waals surface area (Å²) in [6.45, 7) is 2.03. The van der Waals surface area contributed by atoms with Crippen molar-refractivity contribution in [2.24, 2.45) is 0 Å². The zero-order chi connectivity index (χ0) is 10.6. The van der Waals surface area contributed by atoms with Gasteiger partial charge in [0, 0.05) is 26.1 Å². The maximum atomic E-state index is 11.5. The van der Waals surface area contributed by atoms with Crippen molar-refractivity contribution in [1.82, 2.24) is 9.80 Å². The lowest BCUT2D eigenvalue weighted by Crippen LogP contribution is -2.47. The number of likely N-dealkylation sites (tertiary alicyclic amines) is 1. The van der Waals surface area contributed by atoms with Crippen molar-refractivity contribution in [2.75, 3.05) is 33.8 Å². The van der Waals surface area contributed by atoms with Crippen LogP contribution in [-0.4, -0.2) is 60.6 Å². The molecule has 4 nitrogen and oxygen atoms in total. The first-order valence-electron chi connectivity index (χ1n) is 5.20. The van der Waals surface area contributed by atoms with Gasteiger partial charge >= 0.3 is 0 Å². The van der Waals surface area contributed by atoms with Crippen LogP contribution in [0.3, 0.4) is 0 Å². The van der Waals surface area contributed by atoms with E-state index in [-0.39, 0.29) is 18.9 Å². The molecular formula is C10H20N2O2. The molecule has 1 aliphatic rings. The lowest BCUT2D eigenvalue weighted by molar-refractivity contribution is -0.133. The van der Waals surface area contributed by atoms with Gasteiger partial charge in [-0.05, 0) is 26.4 Å². The topological polar surface area (TPSA) is 43.8 Å². The molecule has 0 aliphatic carbocycles. The zero-order valence-corrected chi connectivity index (χ0v) is 9.07.